The first-order chi connectivity index (χ1) is 5.54. The van der Waals surface area contributed by atoms with E-state index < -0.39 is 12.9 Å². The zero-order chi connectivity index (χ0) is 9.30. The highest BCUT2D eigenvalue weighted by atomic mass is 35.5. The molecule has 64 valence electrons. The Kier molecular flexibility index (Phi) is 2.96. The smallest absolute Gasteiger partial charge is 0.423 e. The molecule has 2 nitrogen and oxygen atoms in total. The van der Waals surface area contributed by atoms with Crippen molar-refractivity contribution < 1.29 is 14.4 Å². The second-order valence-corrected chi connectivity index (χ2v) is 2.89. The van der Waals surface area contributed by atoms with Crippen LogP contribution >= 0.6 is 23.2 Å². The average molecular weight is 209 g/mol. The zero-order valence-corrected chi connectivity index (χ0v) is 7.27. The highest BCUT2D eigenvalue weighted by Crippen LogP contribution is 2.22. The van der Waals surface area contributed by atoms with E-state index >= 15 is 0 Å². The third kappa shape index (κ3) is 1.72. The fourth-order valence-electron chi connectivity index (χ4n) is 0.740. The molecule has 6 heteroatoms. The standard InChI is InChI=1S/C6H4BCl2FO2/c8-5-3(7(11)12)1-2-4(10)6(5)9/h1-2,11-12H. The molecule has 0 fully saturated rings. The summed E-state index contributed by atoms with van der Waals surface area (Å²) in [5.41, 5.74) is -0.0110. The summed E-state index contributed by atoms with van der Waals surface area (Å²) in [5.74, 6) is -0.689. The first-order valence-electron chi connectivity index (χ1n) is 3.03. The molecule has 0 unspecified atom stereocenters. The lowest BCUT2D eigenvalue weighted by atomic mass is 9.80. The molecule has 0 radical (unpaired) electrons. The molecule has 0 aliphatic heterocycles. The molecule has 2 N–H and O–H groups in total. The minimum Gasteiger partial charge on any atom is -0.423 e. The topological polar surface area (TPSA) is 40.5 Å². The molecular formula is C6H4BCl2FO2. The van der Waals surface area contributed by atoms with Crippen LogP contribution in [0.3, 0.4) is 0 Å². The predicted molar refractivity (Wildman–Crippen MR) is 46.2 cm³/mol. The summed E-state index contributed by atoms with van der Waals surface area (Å²) >= 11 is 10.9. The Morgan fingerprint density at radius 1 is 1.17 bits per heavy atom. The maximum absolute atomic E-state index is 12.6. The van der Waals surface area contributed by atoms with Crippen LogP contribution < -0.4 is 5.46 Å². The molecule has 12 heavy (non-hydrogen) atoms. The summed E-state index contributed by atoms with van der Waals surface area (Å²) in [4.78, 5) is 0. The van der Waals surface area contributed by atoms with Gasteiger partial charge >= 0.3 is 7.12 Å². The minimum atomic E-state index is -1.74. The molecule has 0 spiro atoms. The van der Waals surface area contributed by atoms with Crippen molar-refractivity contribution in [2.45, 2.75) is 0 Å². The van der Waals surface area contributed by atoms with Gasteiger partial charge < -0.3 is 10.0 Å². The van der Waals surface area contributed by atoms with Crippen molar-refractivity contribution in [3.8, 4) is 0 Å². The summed E-state index contributed by atoms with van der Waals surface area (Å²) in [7, 11) is -1.74. The Balaban J connectivity index is 3.27. The monoisotopic (exact) mass is 208 g/mol. The van der Waals surface area contributed by atoms with Gasteiger partial charge in [0.15, 0.2) is 0 Å². The Hall–Kier alpha value is -0.285. The molecule has 0 aliphatic rings. The van der Waals surface area contributed by atoms with Crippen LogP contribution in [0, 0.1) is 5.82 Å². The van der Waals surface area contributed by atoms with Gasteiger partial charge in [0.05, 0.1) is 10.0 Å². The van der Waals surface area contributed by atoms with Gasteiger partial charge in [0.2, 0.25) is 0 Å². The Bertz CT molecular complexity index is 306. The average Bonchev–Trinajstić information content (AvgIpc) is 2.00. The van der Waals surface area contributed by atoms with Crippen molar-refractivity contribution in [2.24, 2.45) is 0 Å². The summed E-state index contributed by atoms with van der Waals surface area (Å²) in [5, 5.41) is 16.9. The molecule has 0 saturated heterocycles. The van der Waals surface area contributed by atoms with Gasteiger partial charge in [-0.15, -0.1) is 0 Å². The Morgan fingerprint density at radius 2 is 1.75 bits per heavy atom. The van der Waals surface area contributed by atoms with E-state index in [9.17, 15) is 4.39 Å². The summed E-state index contributed by atoms with van der Waals surface area (Å²) in [6.07, 6.45) is 0. The van der Waals surface area contributed by atoms with Crippen molar-refractivity contribution in [1.82, 2.24) is 0 Å². The van der Waals surface area contributed by atoms with E-state index in [0.29, 0.717) is 0 Å². The molecule has 0 aromatic heterocycles. The van der Waals surface area contributed by atoms with Crippen LogP contribution in [0.2, 0.25) is 10.0 Å². The second kappa shape index (κ2) is 3.62. The van der Waals surface area contributed by atoms with E-state index in [-0.39, 0.29) is 15.5 Å². The lowest BCUT2D eigenvalue weighted by Gasteiger charge is -2.04. The van der Waals surface area contributed by atoms with Crippen molar-refractivity contribution in [3.05, 3.63) is 28.0 Å². The molecule has 1 rings (SSSR count). The first-order valence-corrected chi connectivity index (χ1v) is 3.79. The second-order valence-electron chi connectivity index (χ2n) is 2.14. The van der Waals surface area contributed by atoms with Crippen LogP contribution in [-0.2, 0) is 0 Å². The van der Waals surface area contributed by atoms with Gasteiger partial charge in [0, 0.05) is 5.46 Å². The van der Waals surface area contributed by atoms with Gasteiger partial charge in [0.1, 0.15) is 5.82 Å². The number of benzene rings is 1. The molecule has 0 bridgehead atoms. The van der Waals surface area contributed by atoms with Gasteiger partial charge in [-0.25, -0.2) is 4.39 Å². The third-order valence-electron chi connectivity index (χ3n) is 1.34. The number of hydrogen-bond donors (Lipinski definition) is 2. The molecule has 0 saturated carbocycles. The van der Waals surface area contributed by atoms with E-state index in [4.69, 9.17) is 33.2 Å². The zero-order valence-electron chi connectivity index (χ0n) is 5.76. The highest BCUT2D eigenvalue weighted by molar-refractivity contribution is 6.64. The number of halogens is 3. The van der Waals surface area contributed by atoms with Crippen LogP contribution in [0.4, 0.5) is 4.39 Å². The van der Waals surface area contributed by atoms with Crippen LogP contribution in [0.25, 0.3) is 0 Å². The third-order valence-corrected chi connectivity index (χ3v) is 2.22. The van der Waals surface area contributed by atoms with E-state index in [0.717, 1.165) is 12.1 Å². The number of hydrogen-bond acceptors (Lipinski definition) is 2. The highest BCUT2D eigenvalue weighted by Gasteiger charge is 2.18. The summed E-state index contributed by atoms with van der Waals surface area (Å²) in [6.45, 7) is 0. The van der Waals surface area contributed by atoms with E-state index in [1.807, 2.05) is 0 Å². The molecule has 0 heterocycles. The molecule has 0 atom stereocenters. The van der Waals surface area contributed by atoms with Crippen LogP contribution in [-0.4, -0.2) is 17.2 Å². The van der Waals surface area contributed by atoms with Crippen molar-refractivity contribution in [2.75, 3.05) is 0 Å². The predicted octanol–water partition coefficient (Wildman–Crippen LogP) is 0.812. The van der Waals surface area contributed by atoms with Gasteiger partial charge in [-0.1, -0.05) is 29.3 Å². The van der Waals surface area contributed by atoms with E-state index in [1.54, 1.807) is 0 Å². The lowest BCUT2D eigenvalue weighted by molar-refractivity contribution is 0.425. The Morgan fingerprint density at radius 3 is 2.25 bits per heavy atom. The fourth-order valence-corrected chi connectivity index (χ4v) is 1.16. The van der Waals surface area contributed by atoms with E-state index in [2.05, 4.69) is 0 Å². The van der Waals surface area contributed by atoms with Crippen LogP contribution in [0.15, 0.2) is 12.1 Å². The quantitative estimate of drug-likeness (QED) is 0.530. The Labute approximate surface area is 78.7 Å². The van der Waals surface area contributed by atoms with Gasteiger partial charge in [0.25, 0.3) is 0 Å². The summed E-state index contributed by atoms with van der Waals surface area (Å²) in [6, 6.07) is 2.18. The molecule has 1 aromatic carbocycles. The van der Waals surface area contributed by atoms with Crippen molar-refractivity contribution in [3.63, 3.8) is 0 Å². The van der Waals surface area contributed by atoms with E-state index in [1.165, 1.54) is 0 Å². The number of rotatable bonds is 1. The largest absolute Gasteiger partial charge is 0.490 e. The van der Waals surface area contributed by atoms with Gasteiger partial charge in [-0.3, -0.25) is 0 Å². The minimum absolute atomic E-state index is 0.0110. The van der Waals surface area contributed by atoms with Gasteiger partial charge in [-0.2, -0.15) is 0 Å². The first kappa shape index (κ1) is 9.80. The maximum atomic E-state index is 12.6. The van der Waals surface area contributed by atoms with Gasteiger partial charge in [-0.05, 0) is 6.07 Å². The van der Waals surface area contributed by atoms with Crippen LogP contribution in [0.1, 0.15) is 0 Å². The molecule has 0 amide bonds. The fraction of sp³-hybridized carbons (Fsp3) is 0. The molecule has 1 aromatic rings. The molecular weight excluding hydrogens is 205 g/mol. The lowest BCUT2D eigenvalue weighted by Crippen LogP contribution is -2.31. The molecule has 0 aliphatic carbocycles. The SMILES string of the molecule is OB(O)c1ccc(F)c(Cl)c1Cl. The van der Waals surface area contributed by atoms with Crippen molar-refractivity contribution in [1.29, 1.82) is 0 Å². The van der Waals surface area contributed by atoms with Crippen molar-refractivity contribution >= 4 is 35.8 Å². The van der Waals surface area contributed by atoms with Crippen LogP contribution in [0.5, 0.6) is 0 Å². The normalized spacial score (nSPS) is 10.1. The summed E-state index contributed by atoms with van der Waals surface area (Å²) < 4.78 is 12.6. The maximum Gasteiger partial charge on any atom is 0.490 e.